The minimum Gasteiger partial charge on any atom is -0.370 e. The van der Waals surface area contributed by atoms with E-state index in [0.717, 1.165) is 42.1 Å². The fraction of sp³-hybridized carbons (Fsp3) is 0.692. The molecule has 16 heavy (non-hydrogen) atoms. The van der Waals surface area contributed by atoms with Crippen molar-refractivity contribution < 1.29 is 0 Å². The van der Waals surface area contributed by atoms with Gasteiger partial charge in [0, 0.05) is 18.3 Å². The Morgan fingerprint density at radius 3 is 2.81 bits per heavy atom. The number of aromatic nitrogens is 2. The van der Waals surface area contributed by atoms with Crippen molar-refractivity contribution in [2.24, 2.45) is 11.8 Å². The summed E-state index contributed by atoms with van der Waals surface area (Å²) in [5.74, 6) is 3.55. The van der Waals surface area contributed by atoms with E-state index >= 15 is 0 Å². The number of hydrogen-bond donors (Lipinski definition) is 1. The molecular weight excluding hydrogens is 198 g/mol. The molecule has 0 spiro atoms. The monoisotopic (exact) mass is 219 g/mol. The Labute approximate surface area is 97.7 Å². The third kappa shape index (κ3) is 2.94. The molecule has 1 N–H and O–H groups in total. The van der Waals surface area contributed by atoms with Gasteiger partial charge in [0.15, 0.2) is 0 Å². The second-order valence-electron chi connectivity index (χ2n) is 4.84. The molecule has 0 bridgehead atoms. The van der Waals surface area contributed by atoms with Gasteiger partial charge in [-0.2, -0.15) is 0 Å². The Balaban J connectivity index is 1.94. The number of anilines is 1. The van der Waals surface area contributed by atoms with Crippen LogP contribution in [0.25, 0.3) is 0 Å². The molecule has 1 heterocycles. The predicted octanol–water partition coefficient (Wildman–Crippen LogP) is 2.81. The standard InChI is InChI=1S/C13H21N3/c1-4-12-7-13(16-10(3)15-12)14-8-9(2)11-5-6-11/h7,9,11H,4-6,8H2,1-3H3,(H,14,15,16). The van der Waals surface area contributed by atoms with Crippen LogP contribution in [0.5, 0.6) is 0 Å². The van der Waals surface area contributed by atoms with E-state index in [2.05, 4.69) is 35.2 Å². The summed E-state index contributed by atoms with van der Waals surface area (Å²) in [7, 11) is 0. The highest BCUT2D eigenvalue weighted by Crippen LogP contribution is 2.36. The molecule has 1 unspecified atom stereocenters. The van der Waals surface area contributed by atoms with Gasteiger partial charge in [-0.25, -0.2) is 9.97 Å². The van der Waals surface area contributed by atoms with E-state index in [9.17, 15) is 0 Å². The fourth-order valence-corrected chi connectivity index (χ4v) is 2.00. The molecule has 1 aromatic heterocycles. The van der Waals surface area contributed by atoms with Crippen LogP contribution in [-0.2, 0) is 6.42 Å². The van der Waals surface area contributed by atoms with Gasteiger partial charge in [0.2, 0.25) is 0 Å². The van der Waals surface area contributed by atoms with E-state index in [0.29, 0.717) is 0 Å². The summed E-state index contributed by atoms with van der Waals surface area (Å²) in [4.78, 5) is 8.79. The van der Waals surface area contributed by atoms with Crippen molar-refractivity contribution >= 4 is 5.82 Å². The van der Waals surface area contributed by atoms with E-state index < -0.39 is 0 Å². The maximum Gasteiger partial charge on any atom is 0.129 e. The van der Waals surface area contributed by atoms with Crippen LogP contribution in [0, 0.1) is 18.8 Å². The average Bonchev–Trinajstić information content (AvgIpc) is 3.08. The van der Waals surface area contributed by atoms with Crippen LogP contribution in [0.15, 0.2) is 6.07 Å². The van der Waals surface area contributed by atoms with Gasteiger partial charge in [0.25, 0.3) is 0 Å². The highest BCUT2D eigenvalue weighted by atomic mass is 15.0. The smallest absolute Gasteiger partial charge is 0.129 e. The van der Waals surface area contributed by atoms with Crippen LogP contribution in [0.4, 0.5) is 5.82 Å². The van der Waals surface area contributed by atoms with Crippen molar-refractivity contribution in [3.8, 4) is 0 Å². The number of aryl methyl sites for hydroxylation is 2. The maximum atomic E-state index is 4.41. The molecule has 1 fully saturated rings. The lowest BCUT2D eigenvalue weighted by atomic mass is 10.1. The van der Waals surface area contributed by atoms with Gasteiger partial charge in [-0.15, -0.1) is 0 Å². The Morgan fingerprint density at radius 2 is 2.19 bits per heavy atom. The van der Waals surface area contributed by atoms with Crippen LogP contribution in [0.3, 0.4) is 0 Å². The van der Waals surface area contributed by atoms with E-state index in [1.54, 1.807) is 0 Å². The third-order valence-electron chi connectivity index (χ3n) is 3.29. The zero-order valence-corrected chi connectivity index (χ0v) is 10.5. The lowest BCUT2D eigenvalue weighted by Gasteiger charge is -2.12. The van der Waals surface area contributed by atoms with Gasteiger partial charge in [-0.3, -0.25) is 0 Å². The van der Waals surface area contributed by atoms with Crippen LogP contribution >= 0.6 is 0 Å². The largest absolute Gasteiger partial charge is 0.370 e. The molecule has 1 aliphatic carbocycles. The molecule has 0 aromatic carbocycles. The molecule has 3 nitrogen and oxygen atoms in total. The van der Waals surface area contributed by atoms with Gasteiger partial charge < -0.3 is 5.32 Å². The van der Waals surface area contributed by atoms with Crippen LogP contribution in [-0.4, -0.2) is 16.5 Å². The molecule has 1 atom stereocenters. The van der Waals surface area contributed by atoms with Gasteiger partial charge in [0.1, 0.15) is 11.6 Å². The highest BCUT2D eigenvalue weighted by Gasteiger charge is 2.27. The Kier molecular flexibility index (Phi) is 3.42. The Hall–Kier alpha value is -1.12. The van der Waals surface area contributed by atoms with Crippen molar-refractivity contribution in [2.75, 3.05) is 11.9 Å². The first-order chi connectivity index (χ1) is 7.69. The average molecular weight is 219 g/mol. The number of hydrogen-bond acceptors (Lipinski definition) is 3. The molecule has 0 amide bonds. The SMILES string of the molecule is CCc1cc(NCC(C)C2CC2)nc(C)n1. The van der Waals surface area contributed by atoms with E-state index in [-0.39, 0.29) is 0 Å². The summed E-state index contributed by atoms with van der Waals surface area (Å²) < 4.78 is 0. The number of nitrogens with zero attached hydrogens (tertiary/aromatic N) is 2. The summed E-state index contributed by atoms with van der Waals surface area (Å²) >= 11 is 0. The maximum absolute atomic E-state index is 4.41. The second kappa shape index (κ2) is 4.81. The fourth-order valence-electron chi connectivity index (χ4n) is 2.00. The number of nitrogens with one attached hydrogen (secondary N) is 1. The van der Waals surface area contributed by atoms with E-state index in [1.165, 1.54) is 12.8 Å². The summed E-state index contributed by atoms with van der Waals surface area (Å²) in [5.41, 5.74) is 1.12. The lowest BCUT2D eigenvalue weighted by molar-refractivity contribution is 0.535. The third-order valence-corrected chi connectivity index (χ3v) is 3.29. The zero-order valence-electron chi connectivity index (χ0n) is 10.5. The zero-order chi connectivity index (χ0) is 11.5. The first-order valence-electron chi connectivity index (χ1n) is 6.27. The van der Waals surface area contributed by atoms with Crippen LogP contribution in [0.2, 0.25) is 0 Å². The van der Waals surface area contributed by atoms with Crippen LogP contribution < -0.4 is 5.32 Å². The molecule has 0 aliphatic heterocycles. The summed E-state index contributed by atoms with van der Waals surface area (Å²) in [6, 6.07) is 2.06. The highest BCUT2D eigenvalue weighted by molar-refractivity contribution is 5.36. The predicted molar refractivity (Wildman–Crippen MR) is 66.5 cm³/mol. The summed E-state index contributed by atoms with van der Waals surface area (Å²) in [6.07, 6.45) is 3.79. The molecule has 0 radical (unpaired) electrons. The topological polar surface area (TPSA) is 37.8 Å². The van der Waals surface area contributed by atoms with Crippen molar-refractivity contribution in [1.29, 1.82) is 0 Å². The lowest BCUT2D eigenvalue weighted by Crippen LogP contribution is -2.14. The molecule has 2 rings (SSSR count). The van der Waals surface area contributed by atoms with Gasteiger partial charge in [0.05, 0.1) is 0 Å². The normalized spacial score (nSPS) is 17.2. The van der Waals surface area contributed by atoms with Gasteiger partial charge >= 0.3 is 0 Å². The van der Waals surface area contributed by atoms with E-state index in [1.807, 2.05) is 6.92 Å². The van der Waals surface area contributed by atoms with Crippen LogP contribution in [0.1, 0.15) is 38.2 Å². The molecule has 1 saturated carbocycles. The molecule has 0 saturated heterocycles. The quantitative estimate of drug-likeness (QED) is 0.827. The minimum absolute atomic E-state index is 0.764. The van der Waals surface area contributed by atoms with Crippen molar-refractivity contribution in [3.05, 3.63) is 17.6 Å². The minimum atomic E-state index is 0.764. The Morgan fingerprint density at radius 1 is 1.44 bits per heavy atom. The molecule has 88 valence electrons. The summed E-state index contributed by atoms with van der Waals surface area (Å²) in [6.45, 7) is 7.43. The molecule has 1 aliphatic rings. The first kappa shape index (κ1) is 11.4. The summed E-state index contributed by atoms with van der Waals surface area (Å²) in [5, 5.41) is 3.43. The molecule has 1 aromatic rings. The second-order valence-corrected chi connectivity index (χ2v) is 4.84. The molecular formula is C13H21N3. The first-order valence-corrected chi connectivity index (χ1v) is 6.27. The van der Waals surface area contributed by atoms with E-state index in [4.69, 9.17) is 0 Å². The van der Waals surface area contributed by atoms with Crippen molar-refractivity contribution in [3.63, 3.8) is 0 Å². The number of rotatable bonds is 5. The molecule has 3 heteroatoms. The van der Waals surface area contributed by atoms with Crippen molar-refractivity contribution in [2.45, 2.75) is 40.0 Å². The van der Waals surface area contributed by atoms with Crippen molar-refractivity contribution in [1.82, 2.24) is 9.97 Å². The Bertz CT molecular complexity index is 358. The van der Waals surface area contributed by atoms with Gasteiger partial charge in [-0.1, -0.05) is 13.8 Å². The van der Waals surface area contributed by atoms with Gasteiger partial charge in [-0.05, 0) is 38.0 Å².